The van der Waals surface area contributed by atoms with E-state index in [4.69, 9.17) is 0 Å². The zero-order valence-electron chi connectivity index (χ0n) is 11.7. The minimum Gasteiger partial charge on any atom is -0.324 e. The van der Waals surface area contributed by atoms with E-state index in [0.29, 0.717) is 10.2 Å². The highest BCUT2D eigenvalue weighted by atomic mass is 79.9. The van der Waals surface area contributed by atoms with Gasteiger partial charge >= 0.3 is 0 Å². The van der Waals surface area contributed by atoms with Crippen LogP contribution in [0.1, 0.15) is 10.4 Å². The van der Waals surface area contributed by atoms with Gasteiger partial charge in [-0.05, 0) is 36.4 Å². The number of carbonyl (C=O) groups excluding carboxylic acids is 3. The van der Waals surface area contributed by atoms with Crippen LogP contribution in [-0.4, -0.2) is 24.1 Å². The molecule has 2 amide bonds. The topological polar surface area (TPSA) is 66.5 Å². The van der Waals surface area contributed by atoms with Crippen molar-refractivity contribution in [1.82, 2.24) is 0 Å². The van der Waals surface area contributed by atoms with Crippen molar-refractivity contribution in [3.8, 4) is 0 Å². The van der Waals surface area contributed by atoms with E-state index >= 15 is 0 Å². The number of Topliss-reactive ketones (excluding diaryl/α,β-unsaturated/α-hetero) is 1. The van der Waals surface area contributed by atoms with Crippen molar-refractivity contribution in [1.29, 1.82) is 0 Å². The number of fused-ring (bicyclic) bond motifs is 1. The van der Waals surface area contributed by atoms with E-state index in [1.54, 1.807) is 12.1 Å². The Balaban J connectivity index is 1.80. The fraction of sp³-hybridized carbons (Fsp3) is 0.0625. The normalized spacial score (nSPS) is 13.2. The summed E-state index contributed by atoms with van der Waals surface area (Å²) >= 11 is 3.27. The predicted octanol–water partition coefficient (Wildman–Crippen LogP) is 2.76. The Bertz CT molecular complexity index is 838. The zero-order valence-corrected chi connectivity index (χ0v) is 13.3. The van der Waals surface area contributed by atoms with E-state index in [0.717, 1.165) is 4.90 Å². The van der Waals surface area contributed by atoms with Crippen LogP contribution in [0.15, 0.2) is 46.9 Å². The van der Waals surface area contributed by atoms with Crippen molar-refractivity contribution in [2.75, 3.05) is 16.8 Å². The van der Waals surface area contributed by atoms with Gasteiger partial charge in [0.05, 0.1) is 11.3 Å². The summed E-state index contributed by atoms with van der Waals surface area (Å²) in [6.07, 6.45) is 0. The van der Waals surface area contributed by atoms with Crippen LogP contribution in [0, 0.1) is 5.82 Å². The van der Waals surface area contributed by atoms with Crippen molar-refractivity contribution >= 4 is 44.9 Å². The molecule has 0 aliphatic carbocycles. The van der Waals surface area contributed by atoms with Crippen LogP contribution >= 0.6 is 15.9 Å². The Kier molecular flexibility index (Phi) is 3.96. The molecule has 1 aliphatic heterocycles. The molecule has 23 heavy (non-hydrogen) atoms. The van der Waals surface area contributed by atoms with Crippen molar-refractivity contribution in [3.05, 3.63) is 58.3 Å². The maximum atomic E-state index is 13.1. The van der Waals surface area contributed by atoms with Crippen molar-refractivity contribution < 1.29 is 18.8 Å². The molecule has 1 aliphatic rings. The van der Waals surface area contributed by atoms with Crippen LogP contribution in [0.4, 0.5) is 15.8 Å². The standard InChI is InChI=1S/C16H10BrFN2O3/c17-9-4-5-12-13(6-9)20(16(23)15(12)22)8-14(21)19-11-3-1-2-10(18)7-11/h1-7H,8H2,(H,19,21). The average molecular weight is 377 g/mol. The van der Waals surface area contributed by atoms with E-state index in [1.807, 2.05) is 0 Å². The van der Waals surface area contributed by atoms with Crippen LogP contribution in [0.3, 0.4) is 0 Å². The number of hydrogen-bond acceptors (Lipinski definition) is 3. The summed E-state index contributed by atoms with van der Waals surface area (Å²) < 4.78 is 13.8. The zero-order chi connectivity index (χ0) is 16.6. The fourth-order valence-electron chi connectivity index (χ4n) is 2.33. The Morgan fingerprint density at radius 1 is 1.17 bits per heavy atom. The lowest BCUT2D eigenvalue weighted by molar-refractivity contribution is -0.118. The van der Waals surface area contributed by atoms with Gasteiger partial charge in [-0.1, -0.05) is 22.0 Å². The van der Waals surface area contributed by atoms with E-state index in [1.165, 1.54) is 30.3 Å². The molecule has 0 unspecified atom stereocenters. The van der Waals surface area contributed by atoms with Gasteiger partial charge in [-0.3, -0.25) is 19.3 Å². The second-order valence-electron chi connectivity index (χ2n) is 4.94. The van der Waals surface area contributed by atoms with Crippen molar-refractivity contribution in [3.63, 3.8) is 0 Å². The Labute approximate surface area is 139 Å². The smallest absolute Gasteiger partial charge is 0.299 e. The third kappa shape index (κ3) is 3.00. The van der Waals surface area contributed by atoms with E-state index in [9.17, 15) is 18.8 Å². The van der Waals surface area contributed by atoms with Gasteiger partial charge in [-0.25, -0.2) is 4.39 Å². The number of rotatable bonds is 3. The van der Waals surface area contributed by atoms with E-state index in [2.05, 4.69) is 21.2 Å². The van der Waals surface area contributed by atoms with Crippen LogP contribution in [-0.2, 0) is 9.59 Å². The maximum absolute atomic E-state index is 13.1. The monoisotopic (exact) mass is 376 g/mol. The van der Waals surface area contributed by atoms with Gasteiger partial charge in [0.25, 0.3) is 11.7 Å². The molecular weight excluding hydrogens is 367 g/mol. The number of nitrogens with one attached hydrogen (secondary N) is 1. The first-order chi connectivity index (χ1) is 11.0. The Morgan fingerprint density at radius 3 is 2.70 bits per heavy atom. The highest BCUT2D eigenvalue weighted by molar-refractivity contribution is 9.10. The molecule has 7 heteroatoms. The summed E-state index contributed by atoms with van der Waals surface area (Å²) in [7, 11) is 0. The molecule has 5 nitrogen and oxygen atoms in total. The lowest BCUT2D eigenvalue weighted by Gasteiger charge is -2.16. The van der Waals surface area contributed by atoms with Gasteiger partial charge in [0, 0.05) is 10.2 Å². The molecule has 0 fully saturated rings. The molecule has 0 saturated heterocycles. The number of halogens is 2. The number of hydrogen-bond donors (Lipinski definition) is 1. The van der Waals surface area contributed by atoms with Gasteiger partial charge < -0.3 is 5.32 Å². The molecule has 1 N–H and O–H groups in total. The average Bonchev–Trinajstić information content (AvgIpc) is 2.72. The third-order valence-corrected chi connectivity index (χ3v) is 3.84. The van der Waals surface area contributed by atoms with E-state index < -0.39 is 23.4 Å². The van der Waals surface area contributed by atoms with Gasteiger partial charge in [0.2, 0.25) is 5.91 Å². The summed E-state index contributed by atoms with van der Waals surface area (Å²) in [4.78, 5) is 37.1. The van der Waals surface area contributed by atoms with Crippen molar-refractivity contribution in [2.24, 2.45) is 0 Å². The molecule has 0 aromatic heterocycles. The van der Waals surface area contributed by atoms with Crippen LogP contribution in [0.5, 0.6) is 0 Å². The summed E-state index contributed by atoms with van der Waals surface area (Å²) in [6, 6.07) is 10.2. The molecule has 2 aromatic carbocycles. The molecule has 0 atom stereocenters. The van der Waals surface area contributed by atoms with Gasteiger partial charge in [-0.2, -0.15) is 0 Å². The summed E-state index contributed by atoms with van der Waals surface area (Å²) in [5.41, 5.74) is 0.919. The third-order valence-electron chi connectivity index (χ3n) is 3.34. The number of anilines is 2. The molecule has 0 bridgehead atoms. The SMILES string of the molecule is O=C(CN1C(=O)C(=O)c2ccc(Br)cc21)Nc1cccc(F)c1. The molecule has 2 aromatic rings. The van der Waals surface area contributed by atoms with E-state index in [-0.39, 0.29) is 17.8 Å². The summed E-state index contributed by atoms with van der Waals surface area (Å²) in [6.45, 7) is -0.329. The fourth-order valence-corrected chi connectivity index (χ4v) is 2.68. The molecule has 116 valence electrons. The van der Waals surface area contributed by atoms with Gasteiger partial charge in [-0.15, -0.1) is 0 Å². The molecule has 0 spiro atoms. The second-order valence-corrected chi connectivity index (χ2v) is 5.86. The number of amides is 2. The molecule has 0 radical (unpaired) electrons. The number of benzene rings is 2. The predicted molar refractivity (Wildman–Crippen MR) is 85.9 cm³/mol. The molecule has 3 rings (SSSR count). The number of carbonyl (C=O) groups is 3. The highest BCUT2D eigenvalue weighted by Gasteiger charge is 2.36. The first kappa shape index (κ1) is 15.4. The number of ketones is 1. The lowest BCUT2D eigenvalue weighted by atomic mass is 10.1. The number of nitrogens with zero attached hydrogens (tertiary/aromatic N) is 1. The van der Waals surface area contributed by atoms with Gasteiger partial charge in [0.15, 0.2) is 0 Å². The minimum absolute atomic E-state index is 0.261. The first-order valence-corrected chi connectivity index (χ1v) is 7.46. The Hall–Kier alpha value is -2.54. The van der Waals surface area contributed by atoms with Crippen LogP contribution < -0.4 is 10.2 Å². The largest absolute Gasteiger partial charge is 0.324 e. The second kappa shape index (κ2) is 5.92. The first-order valence-electron chi connectivity index (χ1n) is 6.67. The van der Waals surface area contributed by atoms with Crippen LogP contribution in [0.2, 0.25) is 0 Å². The molecule has 0 saturated carbocycles. The quantitative estimate of drug-likeness (QED) is 0.837. The highest BCUT2D eigenvalue weighted by Crippen LogP contribution is 2.31. The molecular formula is C16H10BrFN2O3. The van der Waals surface area contributed by atoms with Crippen LogP contribution in [0.25, 0.3) is 0 Å². The van der Waals surface area contributed by atoms with Gasteiger partial charge in [0.1, 0.15) is 12.4 Å². The Morgan fingerprint density at radius 2 is 1.96 bits per heavy atom. The lowest BCUT2D eigenvalue weighted by Crippen LogP contribution is -2.37. The summed E-state index contributed by atoms with van der Waals surface area (Å²) in [5, 5.41) is 2.49. The summed E-state index contributed by atoms with van der Waals surface area (Å²) in [5.74, 6) is -2.41. The maximum Gasteiger partial charge on any atom is 0.299 e. The minimum atomic E-state index is -0.757. The molecule has 1 heterocycles. The van der Waals surface area contributed by atoms with Crippen molar-refractivity contribution in [2.45, 2.75) is 0 Å².